The van der Waals surface area contributed by atoms with Crippen LogP contribution in [0, 0.1) is 0 Å². The number of allylic oxidation sites excluding steroid dienone is 3. The van der Waals surface area contributed by atoms with Gasteiger partial charge in [0, 0.05) is 6.04 Å². The first kappa shape index (κ1) is 11.4. The van der Waals surface area contributed by atoms with Gasteiger partial charge in [-0.05, 0) is 26.7 Å². The summed E-state index contributed by atoms with van der Waals surface area (Å²) in [6.45, 7) is 6.34. The molecular weight excluding hydrogens is 146 g/mol. The second kappa shape index (κ2) is 7.11. The normalized spacial score (nSPS) is 15.5. The molecule has 0 aliphatic rings. The minimum Gasteiger partial charge on any atom is -0.328 e. The molecule has 0 spiro atoms. The van der Waals surface area contributed by atoms with E-state index in [0.717, 1.165) is 6.42 Å². The smallest absolute Gasteiger partial charge is 0.00476 e. The molecule has 0 aromatic heterocycles. The van der Waals surface area contributed by atoms with E-state index < -0.39 is 0 Å². The number of hydrogen-bond acceptors (Lipinski definition) is 1. The summed E-state index contributed by atoms with van der Waals surface area (Å²) in [5, 5.41) is 0. The van der Waals surface area contributed by atoms with Crippen molar-refractivity contribution in [2.45, 2.75) is 46.1 Å². The molecular formula is C11H21N. The van der Waals surface area contributed by atoms with Gasteiger partial charge in [0.2, 0.25) is 0 Å². The molecule has 0 saturated carbocycles. The van der Waals surface area contributed by atoms with Gasteiger partial charge in [0.1, 0.15) is 0 Å². The van der Waals surface area contributed by atoms with Crippen LogP contribution in [0.4, 0.5) is 0 Å². The Morgan fingerprint density at radius 2 is 2.17 bits per heavy atom. The molecule has 0 aliphatic carbocycles. The highest BCUT2D eigenvalue weighted by Crippen LogP contribution is 2.02. The minimum atomic E-state index is 0.279. The van der Waals surface area contributed by atoms with Gasteiger partial charge in [-0.1, -0.05) is 37.1 Å². The summed E-state index contributed by atoms with van der Waals surface area (Å²) in [6.07, 6.45) is 9.86. The van der Waals surface area contributed by atoms with Crippen LogP contribution < -0.4 is 5.73 Å². The van der Waals surface area contributed by atoms with Crippen LogP contribution in [0.1, 0.15) is 40.0 Å². The lowest BCUT2D eigenvalue weighted by Crippen LogP contribution is -2.14. The molecule has 1 nitrogen and oxygen atoms in total. The molecule has 0 heterocycles. The Morgan fingerprint density at radius 1 is 1.50 bits per heavy atom. The van der Waals surface area contributed by atoms with Crippen LogP contribution >= 0.6 is 0 Å². The summed E-state index contributed by atoms with van der Waals surface area (Å²) in [5.41, 5.74) is 7.02. The summed E-state index contributed by atoms with van der Waals surface area (Å²) >= 11 is 0. The third-order valence-electron chi connectivity index (χ3n) is 1.62. The summed E-state index contributed by atoms with van der Waals surface area (Å²) < 4.78 is 0. The van der Waals surface area contributed by atoms with Crippen LogP contribution in [-0.2, 0) is 0 Å². The van der Waals surface area contributed by atoms with Crippen LogP contribution in [-0.4, -0.2) is 6.04 Å². The predicted molar refractivity (Wildman–Crippen MR) is 56.1 cm³/mol. The first-order valence-electron chi connectivity index (χ1n) is 4.74. The Hall–Kier alpha value is -0.560. The zero-order valence-corrected chi connectivity index (χ0v) is 8.51. The Bertz CT molecular complexity index is 154. The molecule has 12 heavy (non-hydrogen) atoms. The minimum absolute atomic E-state index is 0.279. The molecule has 0 aliphatic heterocycles. The van der Waals surface area contributed by atoms with Crippen LogP contribution in [0.15, 0.2) is 23.8 Å². The van der Waals surface area contributed by atoms with E-state index in [1.165, 1.54) is 18.4 Å². The molecule has 2 N–H and O–H groups in total. The van der Waals surface area contributed by atoms with E-state index in [-0.39, 0.29) is 6.04 Å². The summed E-state index contributed by atoms with van der Waals surface area (Å²) in [6, 6.07) is 0.279. The third kappa shape index (κ3) is 7.55. The van der Waals surface area contributed by atoms with Crippen molar-refractivity contribution in [1.29, 1.82) is 0 Å². The van der Waals surface area contributed by atoms with E-state index in [2.05, 4.69) is 32.1 Å². The summed E-state index contributed by atoms with van der Waals surface area (Å²) in [5.74, 6) is 0. The number of hydrogen-bond donors (Lipinski definition) is 1. The topological polar surface area (TPSA) is 26.0 Å². The van der Waals surface area contributed by atoms with Crippen LogP contribution in [0.5, 0.6) is 0 Å². The van der Waals surface area contributed by atoms with Crippen molar-refractivity contribution in [3.63, 3.8) is 0 Å². The zero-order valence-electron chi connectivity index (χ0n) is 8.51. The average molecular weight is 167 g/mol. The lowest BCUT2D eigenvalue weighted by atomic mass is 10.1. The second-order valence-corrected chi connectivity index (χ2v) is 3.41. The maximum atomic E-state index is 5.66. The monoisotopic (exact) mass is 167 g/mol. The first-order chi connectivity index (χ1) is 5.66. The molecule has 0 radical (unpaired) electrons. The van der Waals surface area contributed by atoms with Gasteiger partial charge < -0.3 is 5.73 Å². The molecule has 70 valence electrons. The quantitative estimate of drug-likeness (QED) is 0.626. The van der Waals surface area contributed by atoms with Gasteiger partial charge in [0.25, 0.3) is 0 Å². The Labute approximate surface area is 76.3 Å². The third-order valence-corrected chi connectivity index (χ3v) is 1.62. The van der Waals surface area contributed by atoms with Crippen molar-refractivity contribution >= 4 is 0 Å². The fourth-order valence-electron chi connectivity index (χ4n) is 1.07. The van der Waals surface area contributed by atoms with E-state index in [1.807, 2.05) is 6.92 Å². The van der Waals surface area contributed by atoms with Crippen LogP contribution in [0.3, 0.4) is 0 Å². The Morgan fingerprint density at radius 3 is 2.67 bits per heavy atom. The number of rotatable bonds is 5. The average Bonchev–Trinajstić information content (AvgIpc) is 1.97. The molecule has 1 heteroatoms. The fraction of sp³-hybridized carbons (Fsp3) is 0.636. The highest BCUT2D eigenvalue weighted by atomic mass is 14.6. The maximum Gasteiger partial charge on any atom is 0.00476 e. The van der Waals surface area contributed by atoms with Crippen molar-refractivity contribution in [1.82, 2.24) is 0 Å². The molecule has 0 rings (SSSR count). The number of unbranched alkanes of at least 4 members (excludes halogenated alkanes) is 1. The highest BCUT2D eigenvalue weighted by molar-refractivity contribution is 5.11. The lowest BCUT2D eigenvalue weighted by Gasteiger charge is -2.02. The van der Waals surface area contributed by atoms with Gasteiger partial charge in [-0.25, -0.2) is 0 Å². The summed E-state index contributed by atoms with van der Waals surface area (Å²) in [4.78, 5) is 0. The molecule has 0 fully saturated rings. The second-order valence-electron chi connectivity index (χ2n) is 3.41. The van der Waals surface area contributed by atoms with Crippen molar-refractivity contribution < 1.29 is 0 Å². The van der Waals surface area contributed by atoms with Gasteiger partial charge in [-0.3, -0.25) is 0 Å². The van der Waals surface area contributed by atoms with Crippen molar-refractivity contribution in [3.8, 4) is 0 Å². The molecule has 1 unspecified atom stereocenters. The standard InChI is InChI=1S/C11H21N/c1-4-5-6-7-8-10(2)9-11(3)12/h6-8,11H,4-5,9,12H2,1-3H3/b7-6-,10-8-. The van der Waals surface area contributed by atoms with E-state index in [4.69, 9.17) is 5.73 Å². The van der Waals surface area contributed by atoms with Crippen LogP contribution in [0.25, 0.3) is 0 Å². The lowest BCUT2D eigenvalue weighted by molar-refractivity contribution is 0.731. The van der Waals surface area contributed by atoms with Gasteiger partial charge >= 0.3 is 0 Å². The van der Waals surface area contributed by atoms with Crippen molar-refractivity contribution in [2.75, 3.05) is 0 Å². The van der Waals surface area contributed by atoms with Gasteiger partial charge in [0.05, 0.1) is 0 Å². The largest absolute Gasteiger partial charge is 0.328 e. The van der Waals surface area contributed by atoms with Crippen LogP contribution in [0.2, 0.25) is 0 Å². The summed E-state index contributed by atoms with van der Waals surface area (Å²) in [7, 11) is 0. The Kier molecular flexibility index (Phi) is 6.78. The van der Waals surface area contributed by atoms with E-state index in [0.29, 0.717) is 0 Å². The van der Waals surface area contributed by atoms with Crippen molar-refractivity contribution in [3.05, 3.63) is 23.8 Å². The fourth-order valence-corrected chi connectivity index (χ4v) is 1.07. The molecule has 0 amide bonds. The first-order valence-corrected chi connectivity index (χ1v) is 4.74. The number of nitrogens with two attached hydrogens (primary N) is 1. The van der Waals surface area contributed by atoms with Gasteiger partial charge in [-0.2, -0.15) is 0 Å². The van der Waals surface area contributed by atoms with Gasteiger partial charge in [0.15, 0.2) is 0 Å². The van der Waals surface area contributed by atoms with E-state index in [1.54, 1.807) is 0 Å². The van der Waals surface area contributed by atoms with Gasteiger partial charge in [-0.15, -0.1) is 0 Å². The highest BCUT2D eigenvalue weighted by Gasteiger charge is 1.93. The van der Waals surface area contributed by atoms with Crippen molar-refractivity contribution in [2.24, 2.45) is 5.73 Å². The zero-order chi connectivity index (χ0) is 9.40. The predicted octanol–water partition coefficient (Wildman–Crippen LogP) is 3.03. The molecule has 0 aromatic rings. The van der Waals surface area contributed by atoms with E-state index >= 15 is 0 Å². The Balaban J connectivity index is 3.68. The molecule has 0 saturated heterocycles. The molecule has 1 atom stereocenters. The van der Waals surface area contributed by atoms with E-state index in [9.17, 15) is 0 Å². The molecule has 0 aromatic carbocycles. The SMILES string of the molecule is CCC/C=C\C=C(\C)CC(C)N. The molecule has 0 bridgehead atoms. The maximum absolute atomic E-state index is 5.66.